The molecule has 0 aromatic rings. The molecule has 0 unspecified atom stereocenters. The van der Waals surface area contributed by atoms with Crippen molar-refractivity contribution >= 4 is 23.4 Å². The van der Waals surface area contributed by atoms with Crippen LogP contribution in [0.15, 0.2) is 0 Å². The Labute approximate surface area is 125 Å². The summed E-state index contributed by atoms with van der Waals surface area (Å²) in [4.78, 5) is 29.2. The van der Waals surface area contributed by atoms with Gasteiger partial charge in [-0.3, -0.25) is 14.5 Å². The molecular formula is C12H20Cl2N3O2-. The molecule has 2 heterocycles. The first-order valence-electron chi connectivity index (χ1n) is 6.54. The summed E-state index contributed by atoms with van der Waals surface area (Å²) in [6.45, 7) is 5.19. The molecule has 2 aliphatic rings. The van der Waals surface area contributed by atoms with Crippen LogP contribution in [-0.4, -0.2) is 78.2 Å². The number of rotatable bonds is 3. The van der Waals surface area contributed by atoms with Gasteiger partial charge in [0.2, 0.25) is 11.8 Å². The molecule has 2 fully saturated rings. The lowest BCUT2D eigenvalue weighted by Crippen LogP contribution is -3.00. The second-order valence-electron chi connectivity index (χ2n) is 4.88. The molecule has 0 spiro atoms. The molecule has 110 valence electrons. The van der Waals surface area contributed by atoms with E-state index < -0.39 is 0 Å². The highest BCUT2D eigenvalue weighted by molar-refractivity contribution is 6.27. The SMILES string of the molecule is O=C(CCl)N1CCN(CC(=O)N2CCCC2)CC1.[Cl-]. The van der Waals surface area contributed by atoms with Gasteiger partial charge in [-0.25, -0.2) is 0 Å². The zero-order chi connectivity index (χ0) is 13.0. The van der Waals surface area contributed by atoms with Crippen LogP contribution in [0.25, 0.3) is 0 Å². The molecule has 0 radical (unpaired) electrons. The van der Waals surface area contributed by atoms with Crippen LogP contribution in [0.4, 0.5) is 0 Å². The average Bonchev–Trinajstić information content (AvgIpc) is 2.92. The Morgan fingerprint density at radius 2 is 1.37 bits per heavy atom. The number of hydrogen-bond donors (Lipinski definition) is 0. The van der Waals surface area contributed by atoms with Crippen molar-refractivity contribution in [3.63, 3.8) is 0 Å². The monoisotopic (exact) mass is 308 g/mol. The van der Waals surface area contributed by atoms with Gasteiger partial charge in [0, 0.05) is 39.3 Å². The Kier molecular flexibility index (Phi) is 6.89. The summed E-state index contributed by atoms with van der Waals surface area (Å²) in [5.41, 5.74) is 0. The third-order valence-electron chi connectivity index (χ3n) is 3.66. The number of hydrogen-bond acceptors (Lipinski definition) is 3. The van der Waals surface area contributed by atoms with Crippen LogP contribution in [0.2, 0.25) is 0 Å². The summed E-state index contributed by atoms with van der Waals surface area (Å²) in [5.74, 6) is 0.263. The van der Waals surface area contributed by atoms with E-state index in [-0.39, 0.29) is 30.1 Å². The van der Waals surface area contributed by atoms with Crippen molar-refractivity contribution in [2.75, 3.05) is 51.7 Å². The third-order valence-corrected chi connectivity index (χ3v) is 3.89. The van der Waals surface area contributed by atoms with Gasteiger partial charge in [-0.05, 0) is 12.8 Å². The largest absolute Gasteiger partial charge is 1.00 e. The highest BCUT2D eigenvalue weighted by Gasteiger charge is 2.24. The fraction of sp³-hybridized carbons (Fsp3) is 0.833. The summed E-state index contributed by atoms with van der Waals surface area (Å²) in [6, 6.07) is 0. The van der Waals surface area contributed by atoms with Gasteiger partial charge >= 0.3 is 0 Å². The summed E-state index contributed by atoms with van der Waals surface area (Å²) >= 11 is 5.53. The van der Waals surface area contributed by atoms with E-state index in [4.69, 9.17) is 11.6 Å². The van der Waals surface area contributed by atoms with Crippen LogP contribution in [0.1, 0.15) is 12.8 Å². The molecule has 0 aliphatic carbocycles. The Morgan fingerprint density at radius 1 is 0.842 bits per heavy atom. The van der Waals surface area contributed by atoms with Gasteiger partial charge in [-0.15, -0.1) is 11.6 Å². The highest BCUT2D eigenvalue weighted by atomic mass is 35.5. The highest BCUT2D eigenvalue weighted by Crippen LogP contribution is 2.09. The van der Waals surface area contributed by atoms with Crippen LogP contribution in [0, 0.1) is 0 Å². The molecule has 0 aromatic heterocycles. The van der Waals surface area contributed by atoms with Crippen molar-refractivity contribution in [1.29, 1.82) is 0 Å². The maximum atomic E-state index is 12.0. The first-order valence-corrected chi connectivity index (χ1v) is 7.08. The normalized spacial score (nSPS) is 20.3. The zero-order valence-electron chi connectivity index (χ0n) is 11.0. The number of nitrogens with zero attached hydrogens (tertiary/aromatic N) is 3. The molecule has 19 heavy (non-hydrogen) atoms. The number of likely N-dealkylation sites (tertiary alicyclic amines) is 1. The predicted octanol–water partition coefficient (Wildman–Crippen LogP) is -3.00. The van der Waals surface area contributed by atoms with Gasteiger partial charge in [0.05, 0.1) is 6.54 Å². The van der Waals surface area contributed by atoms with Crippen molar-refractivity contribution in [3.8, 4) is 0 Å². The van der Waals surface area contributed by atoms with Gasteiger partial charge in [0.15, 0.2) is 0 Å². The van der Waals surface area contributed by atoms with E-state index in [1.165, 1.54) is 0 Å². The standard InChI is InChI=1S/C12H20ClN3O2.ClH/c13-9-11(17)16-7-5-14(6-8-16)10-12(18)15-3-1-2-4-15;/h1-10H2;1H/p-1. The average molecular weight is 309 g/mol. The molecule has 0 saturated carbocycles. The van der Waals surface area contributed by atoms with E-state index in [1.807, 2.05) is 4.90 Å². The molecule has 0 bridgehead atoms. The van der Waals surface area contributed by atoms with E-state index in [2.05, 4.69) is 4.90 Å². The lowest BCUT2D eigenvalue weighted by atomic mass is 10.3. The topological polar surface area (TPSA) is 43.9 Å². The predicted molar refractivity (Wildman–Crippen MR) is 69.6 cm³/mol. The molecule has 7 heteroatoms. The van der Waals surface area contributed by atoms with Crippen LogP contribution in [0.5, 0.6) is 0 Å². The molecule has 2 amide bonds. The quantitative estimate of drug-likeness (QED) is 0.522. The van der Waals surface area contributed by atoms with Crippen molar-refractivity contribution in [1.82, 2.24) is 14.7 Å². The second-order valence-corrected chi connectivity index (χ2v) is 5.15. The Balaban J connectivity index is 0.00000180. The number of halogens is 2. The zero-order valence-corrected chi connectivity index (χ0v) is 12.5. The number of carbonyl (C=O) groups excluding carboxylic acids is 2. The minimum absolute atomic E-state index is 0. The third kappa shape index (κ3) is 4.51. The Bertz CT molecular complexity index is 314. The molecule has 0 atom stereocenters. The van der Waals surface area contributed by atoms with Gasteiger partial charge in [0.25, 0.3) is 0 Å². The minimum atomic E-state index is -0.0119. The molecular weight excluding hydrogens is 289 g/mol. The van der Waals surface area contributed by atoms with E-state index in [0.717, 1.165) is 39.0 Å². The fourth-order valence-corrected chi connectivity index (χ4v) is 2.67. The van der Waals surface area contributed by atoms with Gasteiger partial charge in [-0.2, -0.15) is 0 Å². The minimum Gasteiger partial charge on any atom is -1.00 e. The van der Waals surface area contributed by atoms with Crippen molar-refractivity contribution in [2.24, 2.45) is 0 Å². The number of piperazine rings is 1. The number of amides is 2. The van der Waals surface area contributed by atoms with Crippen LogP contribution < -0.4 is 12.4 Å². The first kappa shape index (κ1) is 16.5. The molecule has 2 aliphatic heterocycles. The van der Waals surface area contributed by atoms with Gasteiger partial charge in [0.1, 0.15) is 5.88 Å². The molecule has 0 aromatic carbocycles. The second kappa shape index (κ2) is 7.92. The molecule has 0 N–H and O–H groups in total. The Morgan fingerprint density at radius 3 is 1.89 bits per heavy atom. The van der Waals surface area contributed by atoms with E-state index >= 15 is 0 Å². The fourth-order valence-electron chi connectivity index (χ4n) is 2.50. The molecule has 2 rings (SSSR count). The smallest absolute Gasteiger partial charge is 0.237 e. The van der Waals surface area contributed by atoms with Gasteiger partial charge in [-0.1, -0.05) is 0 Å². The van der Waals surface area contributed by atoms with Crippen LogP contribution >= 0.6 is 11.6 Å². The number of carbonyl (C=O) groups is 2. The first-order chi connectivity index (χ1) is 8.70. The molecule has 2 saturated heterocycles. The Hall–Kier alpha value is -0.520. The summed E-state index contributed by atoms with van der Waals surface area (Å²) in [7, 11) is 0. The maximum Gasteiger partial charge on any atom is 0.237 e. The van der Waals surface area contributed by atoms with Crippen molar-refractivity contribution < 1.29 is 22.0 Å². The van der Waals surface area contributed by atoms with Crippen molar-refractivity contribution in [2.45, 2.75) is 12.8 Å². The van der Waals surface area contributed by atoms with Crippen LogP contribution in [-0.2, 0) is 9.59 Å². The summed E-state index contributed by atoms with van der Waals surface area (Å²) in [5, 5.41) is 0. The maximum absolute atomic E-state index is 12.0. The van der Waals surface area contributed by atoms with E-state index in [1.54, 1.807) is 4.90 Å². The van der Waals surface area contributed by atoms with E-state index in [0.29, 0.717) is 19.6 Å². The number of alkyl halides is 1. The lowest BCUT2D eigenvalue weighted by Gasteiger charge is -2.34. The van der Waals surface area contributed by atoms with Crippen LogP contribution in [0.3, 0.4) is 0 Å². The summed E-state index contributed by atoms with van der Waals surface area (Å²) < 4.78 is 0. The van der Waals surface area contributed by atoms with Crippen molar-refractivity contribution in [3.05, 3.63) is 0 Å². The van der Waals surface area contributed by atoms with E-state index in [9.17, 15) is 9.59 Å². The summed E-state index contributed by atoms with van der Waals surface area (Å²) in [6.07, 6.45) is 2.26. The van der Waals surface area contributed by atoms with Gasteiger partial charge < -0.3 is 22.2 Å². The lowest BCUT2D eigenvalue weighted by molar-refractivity contribution is -0.133. The molecule has 5 nitrogen and oxygen atoms in total.